The summed E-state index contributed by atoms with van der Waals surface area (Å²) < 4.78 is 0.739. The van der Waals surface area contributed by atoms with Gasteiger partial charge in [-0.2, -0.15) is 5.26 Å². The maximum absolute atomic E-state index is 12.3. The lowest BCUT2D eigenvalue weighted by Crippen LogP contribution is -2.28. The van der Waals surface area contributed by atoms with Gasteiger partial charge in [0.05, 0.1) is 10.5 Å². The minimum absolute atomic E-state index is 0.0523. The van der Waals surface area contributed by atoms with Crippen LogP contribution in [0.15, 0.2) is 52.9 Å². The number of nitrogens with one attached hydrogen (secondary N) is 2. The van der Waals surface area contributed by atoms with Gasteiger partial charge in [0, 0.05) is 18.6 Å². The molecule has 0 aliphatic rings. The van der Waals surface area contributed by atoms with E-state index in [9.17, 15) is 10.1 Å². The largest absolute Gasteiger partial charge is 0.345 e. The summed E-state index contributed by atoms with van der Waals surface area (Å²) in [7, 11) is 0. The molecule has 25 heavy (non-hydrogen) atoms. The average Bonchev–Trinajstić information content (AvgIpc) is 2.63. The van der Waals surface area contributed by atoms with Crippen LogP contribution in [0.4, 0.5) is 5.95 Å². The molecule has 0 spiro atoms. The Morgan fingerprint density at radius 2 is 1.96 bits per heavy atom. The number of amides is 1. The van der Waals surface area contributed by atoms with Crippen molar-refractivity contribution in [3.63, 3.8) is 0 Å². The molecule has 128 valence electrons. The van der Waals surface area contributed by atoms with Crippen molar-refractivity contribution in [3.05, 3.63) is 64.0 Å². The van der Waals surface area contributed by atoms with Crippen LogP contribution in [-0.2, 0) is 11.2 Å². The molecule has 1 aromatic carbocycles. The highest BCUT2D eigenvalue weighted by Crippen LogP contribution is 2.14. The molecule has 6 nitrogen and oxygen atoms in total. The van der Waals surface area contributed by atoms with Gasteiger partial charge in [0.25, 0.3) is 5.91 Å². The predicted molar refractivity (Wildman–Crippen MR) is 99.4 cm³/mol. The number of hydrogen-bond donors (Lipinski definition) is 2. The lowest BCUT2D eigenvalue weighted by molar-refractivity contribution is -0.117. The maximum atomic E-state index is 12.3. The topological polar surface area (TPSA) is 90.7 Å². The highest BCUT2D eigenvalue weighted by Gasteiger charge is 2.14. The molecule has 2 N–H and O–H groups in total. The molecule has 0 aliphatic carbocycles. The van der Waals surface area contributed by atoms with Gasteiger partial charge in [-0.05, 0) is 40.4 Å². The van der Waals surface area contributed by atoms with Crippen LogP contribution in [0.25, 0.3) is 0 Å². The Morgan fingerprint density at radius 1 is 1.32 bits per heavy atom. The summed E-state index contributed by atoms with van der Waals surface area (Å²) in [5.41, 5.74) is 2.16. The summed E-state index contributed by atoms with van der Waals surface area (Å²) in [6.07, 6.45) is 5.40. The Morgan fingerprint density at radius 3 is 2.52 bits per heavy atom. The summed E-state index contributed by atoms with van der Waals surface area (Å²) in [5, 5.41) is 14.8. The van der Waals surface area contributed by atoms with Gasteiger partial charge in [-0.1, -0.05) is 31.2 Å². The van der Waals surface area contributed by atoms with Crippen LogP contribution in [0.1, 0.15) is 31.0 Å². The number of nitriles is 1. The van der Waals surface area contributed by atoms with Gasteiger partial charge in [-0.15, -0.1) is 0 Å². The molecule has 0 fully saturated rings. The zero-order chi connectivity index (χ0) is 18.2. The van der Waals surface area contributed by atoms with E-state index in [4.69, 9.17) is 0 Å². The fourth-order valence-corrected chi connectivity index (χ4v) is 2.28. The lowest BCUT2D eigenvalue weighted by atomic mass is 10.0. The molecule has 1 heterocycles. The Kier molecular flexibility index (Phi) is 6.66. The van der Waals surface area contributed by atoms with E-state index in [0.717, 1.165) is 16.5 Å². The Bertz CT molecular complexity index is 794. The van der Waals surface area contributed by atoms with E-state index >= 15 is 0 Å². The number of halogens is 1. The Labute approximate surface area is 155 Å². The van der Waals surface area contributed by atoms with Crippen molar-refractivity contribution in [2.45, 2.75) is 26.3 Å². The molecular weight excluding hydrogens is 382 g/mol. The molecule has 2 rings (SSSR count). The zero-order valence-electron chi connectivity index (χ0n) is 14.0. The molecule has 1 unspecified atom stereocenters. The second-order valence-corrected chi connectivity index (χ2v) is 6.25. The zero-order valence-corrected chi connectivity index (χ0v) is 15.5. The monoisotopic (exact) mass is 399 g/mol. The number of rotatable bonds is 6. The van der Waals surface area contributed by atoms with Crippen LogP contribution in [0, 0.1) is 11.3 Å². The summed E-state index contributed by atoms with van der Waals surface area (Å²) >= 11 is 3.24. The van der Waals surface area contributed by atoms with E-state index in [0.29, 0.717) is 5.95 Å². The third kappa shape index (κ3) is 5.40. The molecule has 0 saturated heterocycles. The second-order valence-electron chi connectivity index (χ2n) is 5.33. The smallest absolute Gasteiger partial charge is 0.263 e. The Hall–Kier alpha value is -2.72. The number of aromatic nitrogens is 2. The van der Waals surface area contributed by atoms with Crippen LogP contribution in [0.5, 0.6) is 0 Å². The van der Waals surface area contributed by atoms with E-state index in [-0.39, 0.29) is 11.6 Å². The molecule has 0 saturated carbocycles. The molecule has 0 radical (unpaired) electrons. The first-order valence-corrected chi connectivity index (χ1v) is 8.56. The molecule has 2 aromatic rings. The van der Waals surface area contributed by atoms with Crippen molar-refractivity contribution in [2.75, 3.05) is 5.32 Å². The van der Waals surface area contributed by atoms with Gasteiger partial charge in [0.2, 0.25) is 5.95 Å². The SMILES string of the molecule is CCc1ccc(C(C)NC(=O)/C(C#N)=C\Nc2ncc(Br)cn2)cc1. The van der Waals surface area contributed by atoms with Crippen molar-refractivity contribution in [1.82, 2.24) is 15.3 Å². The number of anilines is 1. The first-order chi connectivity index (χ1) is 12.0. The molecule has 0 bridgehead atoms. The van der Waals surface area contributed by atoms with Crippen LogP contribution in [-0.4, -0.2) is 15.9 Å². The fraction of sp³-hybridized carbons (Fsp3) is 0.222. The average molecular weight is 400 g/mol. The quantitative estimate of drug-likeness (QED) is 0.572. The van der Waals surface area contributed by atoms with Crippen LogP contribution in [0.3, 0.4) is 0 Å². The standard InChI is InChI=1S/C18H18BrN5O/c1-3-13-4-6-14(7-5-13)12(2)24-17(25)15(8-20)9-21-18-22-10-16(19)11-23-18/h4-7,9-12H,3H2,1-2H3,(H,24,25)(H,21,22,23)/b15-9-. The first-order valence-electron chi connectivity index (χ1n) is 7.77. The van der Waals surface area contributed by atoms with E-state index in [1.165, 1.54) is 11.8 Å². The number of hydrogen-bond acceptors (Lipinski definition) is 5. The minimum Gasteiger partial charge on any atom is -0.345 e. The molecule has 1 aromatic heterocycles. The van der Waals surface area contributed by atoms with E-state index in [2.05, 4.69) is 43.5 Å². The van der Waals surface area contributed by atoms with Gasteiger partial charge >= 0.3 is 0 Å². The van der Waals surface area contributed by atoms with Crippen molar-refractivity contribution in [2.24, 2.45) is 0 Å². The molecule has 0 aliphatic heterocycles. The van der Waals surface area contributed by atoms with E-state index < -0.39 is 5.91 Å². The van der Waals surface area contributed by atoms with Gasteiger partial charge in [0.15, 0.2) is 0 Å². The van der Waals surface area contributed by atoms with E-state index in [1.54, 1.807) is 12.4 Å². The summed E-state index contributed by atoms with van der Waals surface area (Å²) in [6, 6.07) is 9.70. The molecular formula is C18H18BrN5O. The van der Waals surface area contributed by atoms with E-state index in [1.807, 2.05) is 37.3 Å². The van der Waals surface area contributed by atoms with Gasteiger partial charge in [0.1, 0.15) is 11.6 Å². The van der Waals surface area contributed by atoms with Crippen molar-refractivity contribution in [1.29, 1.82) is 5.26 Å². The number of aryl methyl sites for hydroxylation is 1. The summed E-state index contributed by atoms with van der Waals surface area (Å²) in [4.78, 5) is 20.3. The lowest BCUT2D eigenvalue weighted by Gasteiger charge is -2.14. The highest BCUT2D eigenvalue weighted by atomic mass is 79.9. The molecule has 1 atom stereocenters. The van der Waals surface area contributed by atoms with Gasteiger partial charge in [-0.25, -0.2) is 9.97 Å². The van der Waals surface area contributed by atoms with Crippen LogP contribution in [0.2, 0.25) is 0 Å². The van der Waals surface area contributed by atoms with Crippen molar-refractivity contribution in [3.8, 4) is 6.07 Å². The minimum atomic E-state index is -0.459. The second kappa shape index (κ2) is 8.94. The number of carbonyl (C=O) groups is 1. The van der Waals surface area contributed by atoms with Crippen LogP contribution >= 0.6 is 15.9 Å². The van der Waals surface area contributed by atoms with Gasteiger partial charge in [-0.3, -0.25) is 4.79 Å². The fourth-order valence-electron chi connectivity index (χ4n) is 2.07. The third-order valence-corrected chi connectivity index (χ3v) is 3.98. The summed E-state index contributed by atoms with van der Waals surface area (Å²) in [5.74, 6) is -0.161. The van der Waals surface area contributed by atoms with Gasteiger partial charge < -0.3 is 10.6 Å². The highest BCUT2D eigenvalue weighted by molar-refractivity contribution is 9.10. The number of carbonyl (C=O) groups excluding carboxylic acids is 1. The normalized spacial score (nSPS) is 12.2. The van der Waals surface area contributed by atoms with Crippen LogP contribution < -0.4 is 10.6 Å². The maximum Gasteiger partial charge on any atom is 0.263 e. The van der Waals surface area contributed by atoms with Crippen molar-refractivity contribution >= 4 is 27.8 Å². The molecule has 7 heteroatoms. The predicted octanol–water partition coefficient (Wildman–Crippen LogP) is 3.50. The number of nitrogens with zero attached hydrogens (tertiary/aromatic N) is 3. The third-order valence-electron chi connectivity index (χ3n) is 3.57. The first kappa shape index (κ1) is 18.6. The molecule has 1 amide bonds. The number of benzene rings is 1. The Balaban J connectivity index is 2.01. The summed E-state index contributed by atoms with van der Waals surface area (Å²) in [6.45, 7) is 3.96. The van der Waals surface area contributed by atoms with Crippen molar-refractivity contribution < 1.29 is 4.79 Å².